The van der Waals surface area contributed by atoms with E-state index >= 15 is 0 Å². The Labute approximate surface area is 139 Å². The number of nitrogens with zero attached hydrogens (tertiary/aromatic N) is 4. The Morgan fingerprint density at radius 2 is 2.26 bits per heavy atom. The Morgan fingerprint density at radius 3 is 2.87 bits per heavy atom. The largest absolute Gasteiger partial charge is 0.379 e. The molecule has 11 heteroatoms. The Bertz CT molecular complexity index is 646. The smallest absolute Gasteiger partial charge is 0.230 e. The molecule has 130 valence electrons. The third-order valence-corrected chi connectivity index (χ3v) is 6.52. The molecule has 0 radical (unpaired) electrons. The number of aromatic nitrogens is 3. The van der Waals surface area contributed by atoms with E-state index in [-0.39, 0.29) is 29.4 Å². The van der Waals surface area contributed by atoms with Crippen molar-refractivity contribution in [2.75, 3.05) is 38.8 Å². The minimum absolute atomic E-state index is 0.0403. The van der Waals surface area contributed by atoms with Gasteiger partial charge in [0.1, 0.15) is 6.33 Å². The molecule has 1 aliphatic rings. The molecule has 23 heavy (non-hydrogen) atoms. The van der Waals surface area contributed by atoms with Crippen LogP contribution < -0.4 is 5.32 Å². The minimum Gasteiger partial charge on any atom is -0.379 e. The summed E-state index contributed by atoms with van der Waals surface area (Å²) in [6.45, 7) is 0.655. The van der Waals surface area contributed by atoms with Crippen molar-refractivity contribution >= 4 is 27.7 Å². The summed E-state index contributed by atoms with van der Waals surface area (Å²) in [5.74, 6) is -0.274. The van der Waals surface area contributed by atoms with Crippen LogP contribution in [0.15, 0.2) is 11.5 Å². The fourth-order valence-electron chi connectivity index (χ4n) is 2.12. The third-order valence-electron chi connectivity index (χ3n) is 3.53. The molecule has 1 aromatic rings. The summed E-state index contributed by atoms with van der Waals surface area (Å²) in [5.41, 5.74) is 0. The summed E-state index contributed by atoms with van der Waals surface area (Å²) in [6.07, 6.45) is 1.56. The van der Waals surface area contributed by atoms with Gasteiger partial charge in [-0.3, -0.25) is 4.79 Å². The molecule has 1 aliphatic heterocycles. The highest BCUT2D eigenvalue weighted by molar-refractivity contribution is 7.99. The predicted molar refractivity (Wildman–Crippen MR) is 85.4 cm³/mol. The van der Waals surface area contributed by atoms with Crippen LogP contribution in [0.3, 0.4) is 0 Å². The van der Waals surface area contributed by atoms with Crippen LogP contribution in [0, 0.1) is 5.92 Å². The van der Waals surface area contributed by atoms with Crippen molar-refractivity contribution in [3.63, 3.8) is 0 Å². The molecule has 1 saturated heterocycles. The molecule has 0 unspecified atom stereocenters. The maximum Gasteiger partial charge on any atom is 0.230 e. The Balaban J connectivity index is 1.86. The van der Waals surface area contributed by atoms with Crippen LogP contribution >= 0.6 is 11.8 Å². The number of carbonyl (C=O) groups is 1. The molecular weight excluding hydrogens is 342 g/mol. The second-order valence-electron chi connectivity index (χ2n) is 5.55. The van der Waals surface area contributed by atoms with Crippen LogP contribution in [0.25, 0.3) is 0 Å². The number of nitrogens with one attached hydrogen (secondary N) is 1. The van der Waals surface area contributed by atoms with Gasteiger partial charge in [0.2, 0.25) is 15.9 Å². The average molecular weight is 363 g/mol. The first kappa shape index (κ1) is 18.2. The van der Waals surface area contributed by atoms with Gasteiger partial charge in [0, 0.05) is 27.1 Å². The monoisotopic (exact) mass is 363 g/mol. The van der Waals surface area contributed by atoms with E-state index in [4.69, 9.17) is 4.74 Å². The Hall–Kier alpha value is -1.17. The number of rotatable bonds is 7. The lowest BCUT2D eigenvalue weighted by atomic mass is 10.1. The summed E-state index contributed by atoms with van der Waals surface area (Å²) in [6, 6.07) is -0.294. The lowest BCUT2D eigenvalue weighted by molar-refractivity contribution is -0.119. The van der Waals surface area contributed by atoms with Gasteiger partial charge in [-0.15, -0.1) is 10.2 Å². The highest BCUT2D eigenvalue weighted by Crippen LogP contribution is 2.18. The zero-order valence-electron chi connectivity index (χ0n) is 13.3. The number of thioether (sulfide) groups is 1. The van der Waals surface area contributed by atoms with Crippen LogP contribution in [0.1, 0.15) is 0 Å². The van der Waals surface area contributed by atoms with Crippen LogP contribution in [0.4, 0.5) is 0 Å². The maximum absolute atomic E-state index is 12.0. The standard InChI is InChI=1S/C12H21N5O4S2/c1-16(2)23(19,20)7-9-4-21-5-10(9)14-11(18)6-22-12-15-13-8-17(12)3/h8-10H,4-7H2,1-3H3,(H,14,18)/t9-,10+/m0/s1. The van der Waals surface area contributed by atoms with E-state index in [1.54, 1.807) is 17.9 Å². The molecule has 1 fully saturated rings. The summed E-state index contributed by atoms with van der Waals surface area (Å²) >= 11 is 1.27. The van der Waals surface area contributed by atoms with E-state index in [2.05, 4.69) is 15.5 Å². The minimum atomic E-state index is -3.33. The number of aryl methyl sites for hydroxylation is 1. The molecule has 0 aromatic carbocycles. The first-order chi connectivity index (χ1) is 10.8. The summed E-state index contributed by atoms with van der Waals surface area (Å²) in [5, 5.41) is 11.1. The van der Waals surface area contributed by atoms with Gasteiger partial charge in [-0.25, -0.2) is 12.7 Å². The van der Waals surface area contributed by atoms with E-state index in [0.717, 1.165) is 0 Å². The lowest BCUT2D eigenvalue weighted by Crippen LogP contribution is -2.44. The van der Waals surface area contributed by atoms with Gasteiger partial charge in [0.05, 0.1) is 30.8 Å². The number of hydrogen-bond donors (Lipinski definition) is 1. The average Bonchev–Trinajstić information content (AvgIpc) is 3.06. The fourth-order valence-corrected chi connectivity index (χ4v) is 3.99. The number of hydrogen-bond acceptors (Lipinski definition) is 7. The first-order valence-electron chi connectivity index (χ1n) is 7.03. The van der Waals surface area contributed by atoms with Crippen LogP contribution in [0.2, 0.25) is 0 Å². The maximum atomic E-state index is 12.0. The van der Waals surface area contributed by atoms with Gasteiger partial charge in [0.15, 0.2) is 5.16 Å². The number of sulfonamides is 1. The predicted octanol–water partition coefficient (Wildman–Crippen LogP) is -1.07. The first-order valence-corrected chi connectivity index (χ1v) is 9.63. The molecule has 1 aromatic heterocycles. The van der Waals surface area contributed by atoms with E-state index in [1.807, 2.05) is 0 Å². The SMILES string of the molecule is CN(C)S(=O)(=O)C[C@@H]1COC[C@H]1NC(=O)CSc1nncn1C. The summed E-state index contributed by atoms with van der Waals surface area (Å²) in [4.78, 5) is 12.0. The Morgan fingerprint density at radius 1 is 1.52 bits per heavy atom. The fraction of sp³-hybridized carbons (Fsp3) is 0.750. The van der Waals surface area contributed by atoms with Gasteiger partial charge in [-0.05, 0) is 0 Å². The summed E-state index contributed by atoms with van der Waals surface area (Å²) < 4.78 is 32.2. The zero-order chi connectivity index (χ0) is 17.0. The van der Waals surface area contributed by atoms with Crippen molar-refractivity contribution in [2.45, 2.75) is 11.2 Å². The third kappa shape index (κ3) is 4.90. The van der Waals surface area contributed by atoms with Crippen LogP contribution in [0.5, 0.6) is 0 Å². The van der Waals surface area contributed by atoms with Crippen LogP contribution in [-0.2, 0) is 26.6 Å². The highest BCUT2D eigenvalue weighted by Gasteiger charge is 2.34. The molecule has 0 spiro atoms. The van der Waals surface area contributed by atoms with Crippen molar-refractivity contribution < 1.29 is 17.9 Å². The normalized spacial score (nSPS) is 21.7. The second-order valence-corrected chi connectivity index (χ2v) is 8.72. The van der Waals surface area contributed by atoms with E-state index < -0.39 is 10.0 Å². The topological polar surface area (TPSA) is 106 Å². The molecular formula is C12H21N5O4S2. The molecule has 1 N–H and O–H groups in total. The van der Waals surface area contributed by atoms with Crippen molar-refractivity contribution in [3.05, 3.63) is 6.33 Å². The molecule has 9 nitrogen and oxygen atoms in total. The molecule has 0 saturated carbocycles. The molecule has 2 rings (SSSR count). The van der Waals surface area contributed by atoms with Crippen molar-refractivity contribution in [1.82, 2.24) is 24.4 Å². The molecule has 2 atom stereocenters. The molecule has 0 bridgehead atoms. The van der Waals surface area contributed by atoms with Gasteiger partial charge in [-0.2, -0.15) is 0 Å². The molecule has 1 amide bonds. The van der Waals surface area contributed by atoms with Crippen molar-refractivity contribution in [3.8, 4) is 0 Å². The van der Waals surface area contributed by atoms with Crippen molar-refractivity contribution in [2.24, 2.45) is 13.0 Å². The van der Waals surface area contributed by atoms with E-state index in [1.165, 1.54) is 30.2 Å². The Kier molecular flexibility index (Phi) is 6.00. The van der Waals surface area contributed by atoms with Crippen molar-refractivity contribution in [1.29, 1.82) is 0 Å². The zero-order valence-corrected chi connectivity index (χ0v) is 14.9. The van der Waals surface area contributed by atoms with Gasteiger partial charge in [-0.1, -0.05) is 11.8 Å². The van der Waals surface area contributed by atoms with Gasteiger partial charge in [0.25, 0.3) is 0 Å². The summed E-state index contributed by atoms with van der Waals surface area (Å²) in [7, 11) is 1.46. The quantitative estimate of drug-likeness (QED) is 0.615. The van der Waals surface area contributed by atoms with Crippen LogP contribution in [-0.4, -0.2) is 78.3 Å². The molecule has 0 aliphatic carbocycles. The van der Waals surface area contributed by atoms with Gasteiger partial charge < -0.3 is 14.6 Å². The lowest BCUT2D eigenvalue weighted by Gasteiger charge is -2.20. The number of amides is 1. The second kappa shape index (κ2) is 7.60. The van der Waals surface area contributed by atoms with E-state index in [0.29, 0.717) is 18.4 Å². The molecule has 2 heterocycles. The van der Waals surface area contributed by atoms with Gasteiger partial charge >= 0.3 is 0 Å². The highest BCUT2D eigenvalue weighted by atomic mass is 32.2. The number of ether oxygens (including phenoxy) is 1. The van der Waals surface area contributed by atoms with E-state index in [9.17, 15) is 13.2 Å². The number of carbonyl (C=O) groups excluding carboxylic acids is 1.